The van der Waals surface area contributed by atoms with Gasteiger partial charge in [-0.15, -0.1) is 23.5 Å². The van der Waals surface area contributed by atoms with Gasteiger partial charge in [0.2, 0.25) is 0 Å². The minimum Gasteiger partial charge on any atom is -0.495 e. The van der Waals surface area contributed by atoms with Crippen molar-refractivity contribution in [2.45, 2.75) is 24.0 Å². The van der Waals surface area contributed by atoms with Gasteiger partial charge in [-0.25, -0.2) is 4.79 Å². The third-order valence-electron chi connectivity index (χ3n) is 4.55. The highest BCUT2D eigenvalue weighted by atomic mass is 32.2. The third-order valence-corrected chi connectivity index (χ3v) is 7.57. The third kappa shape index (κ3) is 5.92. The largest absolute Gasteiger partial charge is 0.495 e. The molecule has 8 nitrogen and oxygen atoms in total. The highest BCUT2D eigenvalue weighted by molar-refractivity contribution is 8.16. The lowest BCUT2D eigenvalue weighted by Gasteiger charge is -2.21. The molecule has 2 aromatic carbocycles. The average molecular weight is 463 g/mol. The van der Waals surface area contributed by atoms with E-state index in [1.807, 2.05) is 35.7 Å². The number of nitrogens with zero attached hydrogens (tertiary/aromatic N) is 1. The molecule has 164 valence electrons. The van der Waals surface area contributed by atoms with E-state index in [0.717, 1.165) is 17.1 Å². The van der Waals surface area contributed by atoms with Crippen molar-refractivity contribution in [2.24, 2.45) is 0 Å². The van der Waals surface area contributed by atoms with Crippen molar-refractivity contribution in [3.63, 3.8) is 0 Å². The highest BCUT2D eigenvalue weighted by Crippen LogP contribution is 2.43. The van der Waals surface area contributed by atoms with Gasteiger partial charge in [-0.05, 0) is 48.6 Å². The molecule has 0 aromatic heterocycles. The van der Waals surface area contributed by atoms with E-state index in [-0.39, 0.29) is 17.1 Å². The van der Waals surface area contributed by atoms with E-state index in [9.17, 15) is 19.7 Å². The Balaban J connectivity index is 1.62. The van der Waals surface area contributed by atoms with Crippen LogP contribution < -0.4 is 10.1 Å². The number of carbonyl (C=O) groups excluding carboxylic acids is 2. The summed E-state index contributed by atoms with van der Waals surface area (Å²) in [6.45, 7) is 1.43. The second-order valence-corrected chi connectivity index (χ2v) is 9.45. The Morgan fingerprint density at radius 2 is 1.84 bits per heavy atom. The van der Waals surface area contributed by atoms with Gasteiger partial charge in [0.15, 0.2) is 6.10 Å². The Morgan fingerprint density at radius 1 is 1.16 bits per heavy atom. The number of nitro groups is 1. The summed E-state index contributed by atoms with van der Waals surface area (Å²) in [4.78, 5) is 35.3. The van der Waals surface area contributed by atoms with Crippen LogP contribution in [0, 0.1) is 10.1 Å². The average Bonchev–Trinajstić information content (AvgIpc) is 2.79. The fourth-order valence-electron chi connectivity index (χ4n) is 2.88. The zero-order valence-corrected chi connectivity index (χ0v) is 18.7. The molecule has 0 aliphatic carbocycles. The van der Waals surface area contributed by atoms with Crippen LogP contribution in [0.2, 0.25) is 0 Å². The molecule has 1 fully saturated rings. The van der Waals surface area contributed by atoms with Crippen molar-refractivity contribution in [2.75, 3.05) is 23.9 Å². The lowest BCUT2D eigenvalue weighted by Crippen LogP contribution is -2.30. The van der Waals surface area contributed by atoms with Gasteiger partial charge in [-0.1, -0.05) is 12.1 Å². The molecule has 3 rings (SSSR count). The first-order valence-corrected chi connectivity index (χ1v) is 11.7. The molecule has 10 heteroatoms. The van der Waals surface area contributed by atoms with Crippen LogP contribution in [-0.4, -0.2) is 41.5 Å². The predicted molar refractivity (Wildman–Crippen MR) is 122 cm³/mol. The smallest absolute Gasteiger partial charge is 0.338 e. The predicted octanol–water partition coefficient (Wildman–Crippen LogP) is 4.66. The van der Waals surface area contributed by atoms with E-state index in [2.05, 4.69) is 5.32 Å². The molecule has 1 unspecified atom stereocenters. The van der Waals surface area contributed by atoms with Gasteiger partial charge in [0.05, 0.1) is 27.9 Å². The van der Waals surface area contributed by atoms with Crippen LogP contribution >= 0.6 is 23.5 Å². The van der Waals surface area contributed by atoms with E-state index >= 15 is 0 Å². The molecule has 1 aliphatic heterocycles. The van der Waals surface area contributed by atoms with Crippen molar-refractivity contribution in [1.82, 2.24) is 0 Å². The molecule has 0 saturated carbocycles. The lowest BCUT2D eigenvalue weighted by atomic mass is 10.1. The number of carbonyl (C=O) groups is 2. The number of hydrogen-bond donors (Lipinski definition) is 1. The van der Waals surface area contributed by atoms with Crippen LogP contribution in [0.15, 0.2) is 42.5 Å². The molecule has 1 saturated heterocycles. The van der Waals surface area contributed by atoms with Gasteiger partial charge < -0.3 is 14.8 Å². The summed E-state index contributed by atoms with van der Waals surface area (Å²) in [5.74, 6) is 1.27. The summed E-state index contributed by atoms with van der Waals surface area (Å²) in [5.41, 5.74) is 1.42. The molecule has 2 aromatic rings. The standard InChI is InChI=1S/C21H22N2O6S2/c1-13(19(24)22-17-12-16(23(26)27)8-9-18(17)28-2)29-20(25)14-4-6-15(7-5-14)21-30-10-3-11-31-21/h4-9,12-13,21H,3,10-11H2,1-2H3,(H,22,24). The number of esters is 1. The van der Waals surface area contributed by atoms with E-state index < -0.39 is 22.9 Å². The molecular weight excluding hydrogens is 440 g/mol. The van der Waals surface area contributed by atoms with Gasteiger partial charge in [-0.2, -0.15) is 0 Å². The first kappa shape index (κ1) is 23.0. The molecule has 0 radical (unpaired) electrons. The van der Waals surface area contributed by atoms with Gasteiger partial charge in [0.1, 0.15) is 5.75 Å². The van der Waals surface area contributed by atoms with Crippen LogP contribution in [0.3, 0.4) is 0 Å². The van der Waals surface area contributed by atoms with Crippen LogP contribution in [0.25, 0.3) is 0 Å². The topological polar surface area (TPSA) is 108 Å². The monoisotopic (exact) mass is 462 g/mol. The molecular formula is C21H22N2O6S2. The Labute approximate surface area is 188 Å². The van der Waals surface area contributed by atoms with E-state index in [0.29, 0.717) is 10.1 Å². The number of amides is 1. The summed E-state index contributed by atoms with van der Waals surface area (Å²) < 4.78 is 10.8. The van der Waals surface area contributed by atoms with E-state index in [4.69, 9.17) is 9.47 Å². The number of anilines is 1. The maximum Gasteiger partial charge on any atom is 0.338 e. The van der Waals surface area contributed by atoms with E-state index in [1.54, 1.807) is 12.1 Å². The van der Waals surface area contributed by atoms with Gasteiger partial charge in [-0.3, -0.25) is 14.9 Å². The Hall–Kier alpha value is -2.72. The quantitative estimate of drug-likeness (QED) is 0.360. The lowest BCUT2D eigenvalue weighted by molar-refractivity contribution is -0.384. The number of non-ortho nitro benzene ring substituents is 1. The molecule has 31 heavy (non-hydrogen) atoms. The molecule has 0 bridgehead atoms. The van der Waals surface area contributed by atoms with Crippen molar-refractivity contribution < 1.29 is 24.0 Å². The van der Waals surface area contributed by atoms with Crippen molar-refractivity contribution in [3.05, 3.63) is 63.7 Å². The van der Waals surface area contributed by atoms with Crippen LogP contribution in [-0.2, 0) is 9.53 Å². The minimum atomic E-state index is -1.11. The van der Waals surface area contributed by atoms with Gasteiger partial charge in [0.25, 0.3) is 11.6 Å². The van der Waals surface area contributed by atoms with Crippen LogP contribution in [0.4, 0.5) is 11.4 Å². The number of methoxy groups -OCH3 is 1. The van der Waals surface area contributed by atoms with Crippen LogP contribution in [0.1, 0.15) is 33.8 Å². The molecule has 1 N–H and O–H groups in total. The SMILES string of the molecule is COc1ccc([N+](=O)[O-])cc1NC(=O)C(C)OC(=O)c1ccc(C2SCCCS2)cc1. The minimum absolute atomic E-state index is 0.122. The number of ether oxygens (including phenoxy) is 2. The number of thioether (sulfide) groups is 2. The molecule has 1 amide bonds. The second kappa shape index (κ2) is 10.5. The van der Waals surface area contributed by atoms with Crippen molar-refractivity contribution >= 4 is 46.8 Å². The van der Waals surface area contributed by atoms with Crippen molar-refractivity contribution in [1.29, 1.82) is 0 Å². The number of nitrogens with one attached hydrogen (secondary N) is 1. The normalized spacial score (nSPS) is 15.0. The molecule has 0 spiro atoms. The van der Waals surface area contributed by atoms with Crippen LogP contribution in [0.5, 0.6) is 5.75 Å². The fraction of sp³-hybridized carbons (Fsp3) is 0.333. The summed E-state index contributed by atoms with van der Waals surface area (Å²) in [5, 5.41) is 13.5. The first-order valence-electron chi connectivity index (χ1n) is 9.56. The maximum atomic E-state index is 12.5. The number of nitro benzene ring substituents is 1. The summed E-state index contributed by atoms with van der Waals surface area (Å²) >= 11 is 3.79. The molecule has 1 heterocycles. The Kier molecular flexibility index (Phi) is 7.80. The molecule has 1 aliphatic rings. The van der Waals surface area contributed by atoms with Gasteiger partial charge in [0, 0.05) is 12.1 Å². The fourth-order valence-corrected chi connectivity index (χ4v) is 5.77. The number of rotatable bonds is 7. The number of benzene rings is 2. The summed E-state index contributed by atoms with van der Waals surface area (Å²) in [6.07, 6.45) is 0.0962. The zero-order valence-electron chi connectivity index (χ0n) is 17.0. The van der Waals surface area contributed by atoms with Gasteiger partial charge >= 0.3 is 5.97 Å². The second-order valence-electron chi connectivity index (χ2n) is 6.73. The highest BCUT2D eigenvalue weighted by Gasteiger charge is 2.22. The van der Waals surface area contributed by atoms with E-state index in [1.165, 1.54) is 38.7 Å². The summed E-state index contributed by atoms with van der Waals surface area (Å²) in [6, 6.07) is 11.0. The Bertz CT molecular complexity index is 961. The maximum absolute atomic E-state index is 12.5. The summed E-state index contributed by atoms with van der Waals surface area (Å²) in [7, 11) is 1.38. The first-order chi connectivity index (χ1) is 14.9. The Morgan fingerprint density at radius 3 is 2.45 bits per heavy atom. The molecule has 1 atom stereocenters. The number of hydrogen-bond acceptors (Lipinski definition) is 8. The van der Waals surface area contributed by atoms with Crippen molar-refractivity contribution in [3.8, 4) is 5.75 Å². The zero-order chi connectivity index (χ0) is 22.4.